The van der Waals surface area contributed by atoms with Gasteiger partial charge in [-0.2, -0.15) is 20.1 Å². The number of hydrogen-bond donors (Lipinski definition) is 1. The molecule has 0 radical (unpaired) electrons. The Morgan fingerprint density at radius 1 is 1.09 bits per heavy atom. The van der Waals surface area contributed by atoms with Gasteiger partial charge in [-0.3, -0.25) is 4.79 Å². The highest BCUT2D eigenvalue weighted by molar-refractivity contribution is 5.94. The largest absolute Gasteiger partial charge is 0.497 e. The average molecular weight is 432 g/mol. The smallest absolute Gasteiger partial charge is 0.251 e. The minimum Gasteiger partial charge on any atom is -0.497 e. The zero-order valence-corrected chi connectivity index (χ0v) is 18.1. The lowest BCUT2D eigenvalue weighted by Gasteiger charge is -2.09. The summed E-state index contributed by atoms with van der Waals surface area (Å²) >= 11 is 0. The number of carbonyl (C=O) groups excluding carboxylic acids is 1. The third-order valence-electron chi connectivity index (χ3n) is 4.96. The zero-order valence-electron chi connectivity index (χ0n) is 18.1. The van der Waals surface area contributed by atoms with Crippen molar-refractivity contribution in [1.82, 2.24) is 35.1 Å². The lowest BCUT2D eigenvalue weighted by molar-refractivity contribution is 0.0952. The van der Waals surface area contributed by atoms with Gasteiger partial charge >= 0.3 is 0 Å². The van der Waals surface area contributed by atoms with E-state index in [1.165, 1.54) is 0 Å². The summed E-state index contributed by atoms with van der Waals surface area (Å²) in [4.78, 5) is 19.0. The lowest BCUT2D eigenvalue weighted by atomic mass is 10.1. The molecule has 0 atom stereocenters. The van der Waals surface area contributed by atoms with Gasteiger partial charge in [-0.15, -0.1) is 0 Å². The predicted molar refractivity (Wildman–Crippen MR) is 120 cm³/mol. The molecule has 0 aliphatic heterocycles. The van der Waals surface area contributed by atoms with E-state index < -0.39 is 0 Å². The van der Waals surface area contributed by atoms with Crippen LogP contribution in [0.25, 0.3) is 17.1 Å². The first kappa shape index (κ1) is 21.2. The maximum absolute atomic E-state index is 12.7. The molecule has 0 saturated carbocycles. The lowest BCUT2D eigenvalue weighted by Crippen LogP contribution is -2.25. The van der Waals surface area contributed by atoms with Gasteiger partial charge in [0.15, 0.2) is 11.6 Å². The second-order valence-corrected chi connectivity index (χ2v) is 7.13. The summed E-state index contributed by atoms with van der Waals surface area (Å²) in [6.45, 7) is 3.20. The van der Waals surface area contributed by atoms with Crippen molar-refractivity contribution in [2.24, 2.45) is 0 Å². The molecule has 0 aliphatic rings. The van der Waals surface area contributed by atoms with Crippen molar-refractivity contribution < 1.29 is 9.53 Å². The van der Waals surface area contributed by atoms with E-state index in [0.717, 1.165) is 29.2 Å². The van der Waals surface area contributed by atoms with Crippen LogP contribution in [0.4, 0.5) is 0 Å². The van der Waals surface area contributed by atoms with E-state index in [2.05, 4.69) is 25.6 Å². The van der Waals surface area contributed by atoms with Crippen molar-refractivity contribution in [3.05, 3.63) is 72.3 Å². The van der Waals surface area contributed by atoms with Gasteiger partial charge in [0.05, 0.1) is 31.7 Å². The highest BCUT2D eigenvalue weighted by Gasteiger charge is 2.15. The summed E-state index contributed by atoms with van der Waals surface area (Å²) < 4.78 is 7.03. The Bertz CT molecular complexity index is 1170. The van der Waals surface area contributed by atoms with E-state index in [-0.39, 0.29) is 5.91 Å². The number of ether oxygens (including phenoxy) is 1. The maximum Gasteiger partial charge on any atom is 0.251 e. The maximum atomic E-state index is 12.7. The Morgan fingerprint density at radius 3 is 2.59 bits per heavy atom. The first-order valence-corrected chi connectivity index (χ1v) is 10.5. The van der Waals surface area contributed by atoms with Crippen molar-refractivity contribution >= 4 is 5.91 Å². The molecule has 0 aliphatic carbocycles. The summed E-state index contributed by atoms with van der Waals surface area (Å²) in [7, 11) is 1.64. The third-order valence-corrected chi connectivity index (χ3v) is 4.96. The average Bonchev–Trinajstić information content (AvgIpc) is 3.52. The number of methoxy groups -OCH3 is 1. The molecular formula is C23H25N7O2. The number of rotatable bonds is 9. The molecule has 0 fully saturated rings. The fourth-order valence-corrected chi connectivity index (χ4v) is 3.27. The van der Waals surface area contributed by atoms with Gasteiger partial charge in [-0.05, 0) is 48.9 Å². The van der Waals surface area contributed by atoms with Gasteiger partial charge in [0, 0.05) is 24.1 Å². The van der Waals surface area contributed by atoms with Crippen LogP contribution in [0.3, 0.4) is 0 Å². The van der Waals surface area contributed by atoms with Gasteiger partial charge in [0.1, 0.15) is 5.75 Å². The first-order valence-electron chi connectivity index (χ1n) is 10.5. The second-order valence-electron chi connectivity index (χ2n) is 7.13. The normalized spacial score (nSPS) is 10.8. The van der Waals surface area contributed by atoms with Crippen molar-refractivity contribution in [2.75, 3.05) is 13.7 Å². The number of hydrogen-bond acceptors (Lipinski definition) is 6. The molecule has 1 N–H and O–H groups in total. The number of aromatic nitrogens is 6. The number of nitrogens with one attached hydrogen (secondary N) is 1. The minimum atomic E-state index is -0.137. The Kier molecular flexibility index (Phi) is 6.54. The van der Waals surface area contributed by atoms with Crippen LogP contribution >= 0.6 is 0 Å². The molecule has 0 bridgehead atoms. The van der Waals surface area contributed by atoms with E-state index in [4.69, 9.17) is 4.74 Å². The number of aryl methyl sites for hydroxylation is 2. The molecule has 32 heavy (non-hydrogen) atoms. The fraction of sp³-hybridized carbons (Fsp3) is 0.261. The zero-order chi connectivity index (χ0) is 22.3. The first-order chi connectivity index (χ1) is 15.7. The van der Waals surface area contributed by atoms with Gasteiger partial charge in [-0.1, -0.05) is 13.0 Å². The molecule has 164 valence electrons. The van der Waals surface area contributed by atoms with Crippen molar-refractivity contribution in [3.63, 3.8) is 0 Å². The molecule has 2 aromatic heterocycles. The molecule has 0 saturated heterocycles. The number of benzene rings is 2. The van der Waals surface area contributed by atoms with Gasteiger partial charge in [-0.25, -0.2) is 9.67 Å². The van der Waals surface area contributed by atoms with Crippen LogP contribution in [-0.2, 0) is 13.0 Å². The fourth-order valence-electron chi connectivity index (χ4n) is 3.27. The Balaban J connectivity index is 1.52. The van der Waals surface area contributed by atoms with Gasteiger partial charge in [0.2, 0.25) is 0 Å². The Labute approximate surface area is 186 Å². The topological polar surface area (TPSA) is 99.8 Å². The molecule has 9 nitrogen and oxygen atoms in total. The van der Waals surface area contributed by atoms with E-state index >= 15 is 0 Å². The Hall–Kier alpha value is -4.01. The van der Waals surface area contributed by atoms with E-state index in [1.807, 2.05) is 49.4 Å². The van der Waals surface area contributed by atoms with Crippen LogP contribution in [0, 0.1) is 0 Å². The van der Waals surface area contributed by atoms with E-state index in [9.17, 15) is 4.79 Å². The van der Waals surface area contributed by atoms with Crippen LogP contribution < -0.4 is 10.1 Å². The van der Waals surface area contributed by atoms with Crippen LogP contribution in [0.2, 0.25) is 0 Å². The molecule has 9 heteroatoms. The van der Waals surface area contributed by atoms with E-state index in [1.54, 1.807) is 35.0 Å². The van der Waals surface area contributed by atoms with E-state index in [0.29, 0.717) is 30.9 Å². The van der Waals surface area contributed by atoms with Crippen LogP contribution in [0.15, 0.2) is 60.9 Å². The third kappa shape index (κ3) is 4.83. The molecule has 4 rings (SSSR count). The Morgan fingerprint density at radius 2 is 1.88 bits per heavy atom. The minimum absolute atomic E-state index is 0.137. The number of amides is 1. The highest BCUT2D eigenvalue weighted by atomic mass is 16.5. The summed E-state index contributed by atoms with van der Waals surface area (Å²) in [5.74, 6) is 2.09. The van der Waals surface area contributed by atoms with Crippen molar-refractivity contribution in [1.29, 1.82) is 0 Å². The number of nitrogens with zero attached hydrogens (tertiary/aromatic N) is 6. The summed E-state index contributed by atoms with van der Waals surface area (Å²) in [5.41, 5.74) is 2.26. The molecule has 2 heterocycles. The van der Waals surface area contributed by atoms with Crippen LogP contribution in [-0.4, -0.2) is 49.3 Å². The summed E-state index contributed by atoms with van der Waals surface area (Å²) in [6.07, 6.45) is 4.73. The molecule has 0 unspecified atom stereocenters. The SMILES string of the molecule is CCc1nc(-c2ccc(OC)cc2)n(-c2cccc(C(=O)NCCCn3nccn3)c2)n1. The molecule has 4 aromatic rings. The molecule has 2 aromatic carbocycles. The predicted octanol–water partition coefficient (Wildman–Crippen LogP) is 2.92. The van der Waals surface area contributed by atoms with Crippen LogP contribution in [0.5, 0.6) is 5.75 Å². The molecular weight excluding hydrogens is 406 g/mol. The monoisotopic (exact) mass is 431 g/mol. The standard InChI is InChI=1S/C23H25N7O2/c1-3-21-27-22(17-8-10-20(32-2)11-9-17)30(28-21)19-7-4-6-18(16-19)23(31)24-12-5-15-29-25-13-14-26-29/h4,6-11,13-14,16H,3,5,12,15H2,1-2H3,(H,24,31). The second kappa shape index (κ2) is 9.86. The quantitative estimate of drug-likeness (QED) is 0.409. The van der Waals surface area contributed by atoms with Gasteiger partial charge in [0.25, 0.3) is 5.91 Å². The van der Waals surface area contributed by atoms with Crippen molar-refractivity contribution in [2.45, 2.75) is 26.3 Å². The summed E-state index contributed by atoms with van der Waals surface area (Å²) in [5, 5.41) is 15.7. The van der Waals surface area contributed by atoms with Crippen molar-refractivity contribution in [3.8, 4) is 22.8 Å². The molecule has 0 spiro atoms. The number of carbonyl (C=O) groups is 1. The molecule has 1 amide bonds. The summed E-state index contributed by atoms with van der Waals surface area (Å²) in [6, 6.07) is 15.1. The van der Waals surface area contributed by atoms with Gasteiger partial charge < -0.3 is 10.1 Å². The highest BCUT2D eigenvalue weighted by Crippen LogP contribution is 2.24. The van der Waals surface area contributed by atoms with Crippen LogP contribution in [0.1, 0.15) is 29.5 Å².